The van der Waals surface area contributed by atoms with Crippen molar-refractivity contribution in [1.82, 2.24) is 0 Å². The summed E-state index contributed by atoms with van der Waals surface area (Å²) >= 11 is 0. The van der Waals surface area contributed by atoms with Crippen molar-refractivity contribution in [3.05, 3.63) is 17.9 Å². The highest BCUT2D eigenvalue weighted by molar-refractivity contribution is 5.37. The van der Waals surface area contributed by atoms with Gasteiger partial charge in [-0.1, -0.05) is 6.92 Å². The lowest BCUT2D eigenvalue weighted by molar-refractivity contribution is 0.459. The summed E-state index contributed by atoms with van der Waals surface area (Å²) in [6.07, 6.45) is 3.47. The zero-order valence-corrected chi connectivity index (χ0v) is 8.70. The van der Waals surface area contributed by atoms with Crippen molar-refractivity contribution >= 4 is 5.88 Å². The van der Waals surface area contributed by atoms with Crippen molar-refractivity contribution in [2.24, 2.45) is 5.73 Å². The second kappa shape index (κ2) is 4.05. The highest BCUT2D eigenvalue weighted by Crippen LogP contribution is 2.25. The first-order valence-electron chi connectivity index (χ1n) is 5.41. The first-order valence-corrected chi connectivity index (χ1v) is 5.41. The third-order valence-electron chi connectivity index (χ3n) is 2.84. The van der Waals surface area contributed by atoms with Gasteiger partial charge in [0.15, 0.2) is 5.88 Å². The second-order valence-electron chi connectivity index (χ2n) is 3.88. The van der Waals surface area contributed by atoms with Crippen LogP contribution >= 0.6 is 0 Å². The summed E-state index contributed by atoms with van der Waals surface area (Å²) in [5, 5.41) is 0. The average Bonchev–Trinajstić information content (AvgIpc) is 2.86. The van der Waals surface area contributed by atoms with Crippen LogP contribution in [0, 0.1) is 0 Å². The standard InChI is InChI=1S/C11H18N2O/c1-2-9(12)10-5-6-11(14-10)13-7-3-4-8-13/h5-6,9H,2-4,7-8,12H2,1H3. The lowest BCUT2D eigenvalue weighted by Crippen LogP contribution is -2.16. The van der Waals surface area contributed by atoms with Gasteiger partial charge in [-0.3, -0.25) is 0 Å². The van der Waals surface area contributed by atoms with E-state index in [0.29, 0.717) is 0 Å². The van der Waals surface area contributed by atoms with Crippen molar-refractivity contribution in [3.8, 4) is 0 Å². The molecule has 2 rings (SSSR count). The number of hydrogen-bond donors (Lipinski definition) is 1. The molecule has 2 N–H and O–H groups in total. The quantitative estimate of drug-likeness (QED) is 0.802. The Morgan fingerprint density at radius 1 is 1.43 bits per heavy atom. The highest BCUT2D eigenvalue weighted by atomic mass is 16.4. The summed E-state index contributed by atoms with van der Waals surface area (Å²) in [4.78, 5) is 2.28. The summed E-state index contributed by atoms with van der Waals surface area (Å²) in [7, 11) is 0. The normalized spacial score (nSPS) is 18.9. The van der Waals surface area contributed by atoms with Crippen molar-refractivity contribution in [2.45, 2.75) is 32.2 Å². The Balaban J connectivity index is 2.08. The fourth-order valence-electron chi connectivity index (χ4n) is 1.85. The zero-order valence-electron chi connectivity index (χ0n) is 8.70. The number of hydrogen-bond acceptors (Lipinski definition) is 3. The Bertz CT molecular complexity index is 289. The van der Waals surface area contributed by atoms with E-state index >= 15 is 0 Å². The Labute approximate surface area is 84.9 Å². The largest absolute Gasteiger partial charge is 0.444 e. The lowest BCUT2D eigenvalue weighted by atomic mass is 10.2. The molecule has 2 heterocycles. The highest BCUT2D eigenvalue weighted by Gasteiger charge is 2.16. The van der Waals surface area contributed by atoms with Crippen molar-refractivity contribution in [2.75, 3.05) is 18.0 Å². The Morgan fingerprint density at radius 2 is 2.14 bits per heavy atom. The van der Waals surface area contributed by atoms with Crippen LogP contribution in [0.5, 0.6) is 0 Å². The maximum absolute atomic E-state index is 5.89. The number of anilines is 1. The van der Waals surface area contributed by atoms with Gasteiger partial charge in [0.25, 0.3) is 0 Å². The summed E-state index contributed by atoms with van der Waals surface area (Å²) in [6.45, 7) is 4.31. The number of rotatable bonds is 3. The molecule has 0 spiro atoms. The summed E-state index contributed by atoms with van der Waals surface area (Å²) in [5.74, 6) is 1.90. The zero-order chi connectivity index (χ0) is 9.97. The van der Waals surface area contributed by atoms with E-state index in [-0.39, 0.29) is 6.04 Å². The van der Waals surface area contributed by atoms with Gasteiger partial charge in [0.2, 0.25) is 0 Å². The minimum atomic E-state index is 0.0475. The maximum atomic E-state index is 5.89. The molecule has 0 aromatic carbocycles. The first kappa shape index (κ1) is 9.59. The van der Waals surface area contributed by atoms with Gasteiger partial charge < -0.3 is 15.1 Å². The number of nitrogens with two attached hydrogens (primary N) is 1. The van der Waals surface area contributed by atoms with E-state index < -0.39 is 0 Å². The Morgan fingerprint density at radius 3 is 2.79 bits per heavy atom. The number of nitrogens with zero attached hydrogens (tertiary/aromatic N) is 1. The molecule has 0 radical (unpaired) electrons. The van der Waals surface area contributed by atoms with E-state index in [1.54, 1.807) is 0 Å². The van der Waals surface area contributed by atoms with Gasteiger partial charge in [0.05, 0.1) is 6.04 Å². The average molecular weight is 194 g/mol. The van der Waals surface area contributed by atoms with Gasteiger partial charge in [-0.2, -0.15) is 0 Å². The fourth-order valence-corrected chi connectivity index (χ4v) is 1.85. The van der Waals surface area contributed by atoms with Crippen molar-refractivity contribution in [1.29, 1.82) is 0 Å². The number of furan rings is 1. The molecular formula is C11H18N2O. The van der Waals surface area contributed by atoms with Crippen LogP contribution in [0.2, 0.25) is 0 Å². The van der Waals surface area contributed by atoms with E-state index in [1.807, 2.05) is 12.1 Å². The molecule has 1 unspecified atom stereocenters. The molecule has 0 aliphatic carbocycles. The molecule has 78 valence electrons. The van der Waals surface area contributed by atoms with Gasteiger partial charge in [0.1, 0.15) is 5.76 Å². The topological polar surface area (TPSA) is 42.4 Å². The van der Waals surface area contributed by atoms with E-state index in [1.165, 1.54) is 12.8 Å². The smallest absolute Gasteiger partial charge is 0.195 e. The van der Waals surface area contributed by atoms with Crippen LogP contribution in [0.1, 0.15) is 38.0 Å². The molecule has 3 nitrogen and oxygen atoms in total. The Kier molecular flexibility index (Phi) is 2.77. The molecule has 1 saturated heterocycles. The molecule has 0 saturated carbocycles. The minimum Gasteiger partial charge on any atom is -0.444 e. The maximum Gasteiger partial charge on any atom is 0.195 e. The van der Waals surface area contributed by atoms with Crippen LogP contribution in [-0.2, 0) is 0 Å². The third-order valence-corrected chi connectivity index (χ3v) is 2.84. The van der Waals surface area contributed by atoms with Crippen LogP contribution in [0.4, 0.5) is 5.88 Å². The van der Waals surface area contributed by atoms with Crippen molar-refractivity contribution < 1.29 is 4.42 Å². The van der Waals surface area contributed by atoms with Crippen molar-refractivity contribution in [3.63, 3.8) is 0 Å². The molecule has 1 fully saturated rings. The molecule has 1 aromatic heterocycles. The monoisotopic (exact) mass is 194 g/mol. The molecule has 1 aromatic rings. The van der Waals surface area contributed by atoms with E-state index in [9.17, 15) is 0 Å². The molecule has 1 atom stereocenters. The predicted molar refractivity (Wildman–Crippen MR) is 57.4 cm³/mol. The van der Waals surface area contributed by atoms with Gasteiger partial charge in [-0.05, 0) is 25.3 Å². The fraction of sp³-hybridized carbons (Fsp3) is 0.636. The van der Waals surface area contributed by atoms with Gasteiger partial charge in [-0.25, -0.2) is 0 Å². The van der Waals surface area contributed by atoms with Gasteiger partial charge in [-0.15, -0.1) is 0 Å². The van der Waals surface area contributed by atoms with E-state index in [4.69, 9.17) is 10.2 Å². The summed E-state index contributed by atoms with van der Waals surface area (Å²) in [5.41, 5.74) is 5.89. The first-order chi connectivity index (χ1) is 6.81. The van der Waals surface area contributed by atoms with E-state index in [2.05, 4.69) is 11.8 Å². The van der Waals surface area contributed by atoms with Crippen LogP contribution in [-0.4, -0.2) is 13.1 Å². The molecular weight excluding hydrogens is 176 g/mol. The molecule has 3 heteroatoms. The van der Waals surface area contributed by atoms with Gasteiger partial charge in [0, 0.05) is 19.2 Å². The van der Waals surface area contributed by atoms with Crippen LogP contribution in [0.3, 0.4) is 0 Å². The second-order valence-corrected chi connectivity index (χ2v) is 3.88. The summed E-state index contributed by atoms with van der Waals surface area (Å²) < 4.78 is 5.72. The SMILES string of the molecule is CCC(N)c1ccc(N2CCCC2)o1. The van der Waals surface area contributed by atoms with Crippen LogP contribution < -0.4 is 10.6 Å². The molecule has 14 heavy (non-hydrogen) atoms. The molecule has 0 bridgehead atoms. The third kappa shape index (κ3) is 1.77. The molecule has 0 amide bonds. The molecule has 1 aliphatic rings. The van der Waals surface area contributed by atoms with Gasteiger partial charge >= 0.3 is 0 Å². The lowest BCUT2D eigenvalue weighted by Gasteiger charge is -2.13. The van der Waals surface area contributed by atoms with Crippen LogP contribution in [0.25, 0.3) is 0 Å². The Hall–Kier alpha value is -0.960. The van der Waals surface area contributed by atoms with Crippen LogP contribution in [0.15, 0.2) is 16.5 Å². The predicted octanol–water partition coefficient (Wildman–Crippen LogP) is 2.29. The van der Waals surface area contributed by atoms with E-state index in [0.717, 1.165) is 31.2 Å². The minimum absolute atomic E-state index is 0.0475. The molecule has 1 aliphatic heterocycles. The summed E-state index contributed by atoms with van der Waals surface area (Å²) in [6, 6.07) is 4.09.